The molecule has 8 heteroatoms. The molecule has 0 radical (unpaired) electrons. The molecular weight excluding hydrogens is 366 g/mol. The lowest BCUT2D eigenvalue weighted by Gasteiger charge is -2.36. The van der Waals surface area contributed by atoms with E-state index >= 15 is 0 Å². The summed E-state index contributed by atoms with van der Waals surface area (Å²) in [4.78, 5) is 21.0. The lowest BCUT2D eigenvalue weighted by molar-refractivity contribution is 0.208. The first kappa shape index (κ1) is 17.0. The first-order chi connectivity index (χ1) is 12.7. The fourth-order valence-electron chi connectivity index (χ4n) is 2.95. The minimum Gasteiger partial charge on any atom is -0.368 e. The number of carbonyl (C=O) groups excluding carboxylic acids is 1. The zero-order valence-corrected chi connectivity index (χ0v) is 16.0. The molecule has 0 bridgehead atoms. The van der Waals surface area contributed by atoms with Gasteiger partial charge in [-0.25, -0.2) is 4.79 Å². The van der Waals surface area contributed by atoms with E-state index in [4.69, 9.17) is 0 Å². The van der Waals surface area contributed by atoms with Gasteiger partial charge in [0.1, 0.15) is 0 Å². The van der Waals surface area contributed by atoms with E-state index in [9.17, 15) is 4.79 Å². The Kier molecular flexibility index (Phi) is 4.85. The Morgan fingerprint density at radius 1 is 1.19 bits per heavy atom. The van der Waals surface area contributed by atoms with Crippen molar-refractivity contribution in [2.24, 2.45) is 0 Å². The van der Waals surface area contributed by atoms with Crippen molar-refractivity contribution in [3.63, 3.8) is 0 Å². The van der Waals surface area contributed by atoms with Crippen LogP contribution in [0.2, 0.25) is 0 Å². The summed E-state index contributed by atoms with van der Waals surface area (Å²) in [7, 11) is 0. The summed E-state index contributed by atoms with van der Waals surface area (Å²) < 4.78 is 4.31. The third-order valence-electron chi connectivity index (χ3n) is 4.35. The fourth-order valence-corrected chi connectivity index (χ4v) is 4.16. The van der Waals surface area contributed by atoms with Gasteiger partial charge in [0.2, 0.25) is 5.13 Å². The highest BCUT2D eigenvalue weighted by Gasteiger charge is 2.22. The lowest BCUT2D eigenvalue weighted by atomic mass is 10.2. The van der Waals surface area contributed by atoms with E-state index in [0.29, 0.717) is 24.0 Å². The Hall–Kier alpha value is -2.45. The molecule has 0 aliphatic carbocycles. The molecule has 1 N–H and O–H groups in total. The van der Waals surface area contributed by atoms with Gasteiger partial charge in [0.05, 0.1) is 0 Å². The van der Waals surface area contributed by atoms with Crippen LogP contribution in [0.25, 0.3) is 11.4 Å². The Labute approximate surface area is 160 Å². The average molecular weight is 386 g/mol. The van der Waals surface area contributed by atoms with Crippen LogP contribution in [-0.4, -0.2) is 46.5 Å². The van der Waals surface area contributed by atoms with Gasteiger partial charge in [0, 0.05) is 54.3 Å². The number of urea groups is 1. The Morgan fingerprint density at radius 3 is 2.77 bits per heavy atom. The number of aromatic nitrogens is 2. The predicted octanol–water partition coefficient (Wildman–Crippen LogP) is 3.93. The van der Waals surface area contributed by atoms with Crippen molar-refractivity contribution in [1.82, 2.24) is 14.3 Å². The van der Waals surface area contributed by atoms with Gasteiger partial charge in [-0.05, 0) is 36.1 Å². The van der Waals surface area contributed by atoms with Crippen LogP contribution in [0.3, 0.4) is 0 Å². The van der Waals surface area contributed by atoms with Crippen molar-refractivity contribution in [2.45, 2.75) is 6.92 Å². The number of rotatable bonds is 3. The Balaban J connectivity index is 1.34. The largest absolute Gasteiger partial charge is 0.368 e. The number of piperazine rings is 1. The van der Waals surface area contributed by atoms with Crippen LogP contribution in [0.5, 0.6) is 0 Å². The minimum absolute atomic E-state index is 0.109. The van der Waals surface area contributed by atoms with Gasteiger partial charge in [0.25, 0.3) is 0 Å². The van der Waals surface area contributed by atoms with Crippen LogP contribution in [0.15, 0.2) is 41.1 Å². The van der Waals surface area contributed by atoms with Crippen molar-refractivity contribution >= 4 is 39.7 Å². The van der Waals surface area contributed by atoms with Crippen LogP contribution < -0.4 is 10.2 Å². The quantitative estimate of drug-likeness (QED) is 0.742. The second-order valence-corrected chi connectivity index (χ2v) is 7.71. The maximum absolute atomic E-state index is 12.5. The molecule has 0 spiro atoms. The number of hydrogen-bond acceptors (Lipinski definition) is 6. The van der Waals surface area contributed by atoms with Crippen LogP contribution in [-0.2, 0) is 0 Å². The summed E-state index contributed by atoms with van der Waals surface area (Å²) in [6.07, 6.45) is 0. The van der Waals surface area contributed by atoms with Crippen LogP contribution >= 0.6 is 22.9 Å². The number of anilines is 2. The summed E-state index contributed by atoms with van der Waals surface area (Å²) in [5.41, 5.74) is 3.45. The molecule has 2 aromatic heterocycles. The molecule has 1 fully saturated rings. The number of aryl methyl sites for hydroxylation is 1. The molecule has 1 aliphatic rings. The third-order valence-corrected chi connectivity index (χ3v) is 5.67. The zero-order chi connectivity index (χ0) is 17.9. The van der Waals surface area contributed by atoms with Crippen molar-refractivity contribution in [1.29, 1.82) is 0 Å². The average Bonchev–Trinajstić information content (AvgIpc) is 3.33. The topological polar surface area (TPSA) is 61.4 Å². The summed E-state index contributed by atoms with van der Waals surface area (Å²) in [6.45, 7) is 5.13. The van der Waals surface area contributed by atoms with Crippen molar-refractivity contribution in [3.8, 4) is 11.4 Å². The molecule has 1 saturated heterocycles. The standard InChI is InChI=1S/C18H19N5OS2/c1-13-3-2-4-15(11-13)22-6-8-23(9-7-22)18(24)20-17-19-16(21-26-17)14-5-10-25-12-14/h2-5,10-12H,6-9H2,1H3,(H,19,20,21,24). The number of benzene rings is 1. The van der Waals surface area contributed by atoms with Crippen LogP contribution in [0.4, 0.5) is 15.6 Å². The van der Waals surface area contributed by atoms with Crippen LogP contribution in [0.1, 0.15) is 5.56 Å². The number of amides is 2. The number of nitrogens with one attached hydrogen (secondary N) is 1. The van der Waals surface area contributed by atoms with Crippen LogP contribution in [0, 0.1) is 6.92 Å². The summed E-state index contributed by atoms with van der Waals surface area (Å²) in [5, 5.41) is 7.40. The second kappa shape index (κ2) is 7.43. The van der Waals surface area contributed by atoms with Crippen molar-refractivity contribution in [3.05, 3.63) is 46.7 Å². The molecule has 0 saturated carbocycles. The molecule has 2 amide bonds. The molecular formula is C18H19N5OS2. The summed E-state index contributed by atoms with van der Waals surface area (Å²) in [5.74, 6) is 0.663. The number of thiophene rings is 1. The van der Waals surface area contributed by atoms with E-state index in [0.717, 1.165) is 18.7 Å². The second-order valence-electron chi connectivity index (χ2n) is 6.18. The molecule has 134 valence electrons. The molecule has 0 unspecified atom stereocenters. The fraction of sp³-hybridized carbons (Fsp3) is 0.278. The highest BCUT2D eigenvalue weighted by molar-refractivity contribution is 7.10. The van der Waals surface area contributed by atoms with Gasteiger partial charge in [-0.1, -0.05) is 12.1 Å². The first-order valence-electron chi connectivity index (χ1n) is 8.43. The Morgan fingerprint density at radius 2 is 2.04 bits per heavy atom. The minimum atomic E-state index is -0.109. The molecule has 0 atom stereocenters. The zero-order valence-electron chi connectivity index (χ0n) is 14.4. The van der Waals surface area contributed by atoms with Crippen molar-refractivity contribution < 1.29 is 4.79 Å². The number of hydrogen-bond donors (Lipinski definition) is 1. The molecule has 26 heavy (non-hydrogen) atoms. The molecule has 3 heterocycles. The maximum Gasteiger partial charge on any atom is 0.323 e. The molecule has 1 aliphatic heterocycles. The summed E-state index contributed by atoms with van der Waals surface area (Å²) in [6, 6.07) is 10.3. The highest BCUT2D eigenvalue weighted by atomic mass is 32.1. The normalized spacial score (nSPS) is 14.5. The molecule has 4 rings (SSSR count). The summed E-state index contributed by atoms with van der Waals surface area (Å²) >= 11 is 2.82. The van der Waals surface area contributed by atoms with Gasteiger partial charge >= 0.3 is 6.03 Å². The molecule has 1 aromatic carbocycles. The first-order valence-corrected chi connectivity index (χ1v) is 10.1. The van der Waals surface area contributed by atoms with Gasteiger partial charge in [-0.3, -0.25) is 5.32 Å². The van der Waals surface area contributed by atoms with Gasteiger partial charge in [-0.15, -0.1) is 0 Å². The van der Waals surface area contributed by atoms with E-state index in [1.807, 2.05) is 21.7 Å². The lowest BCUT2D eigenvalue weighted by Crippen LogP contribution is -2.50. The van der Waals surface area contributed by atoms with Gasteiger partial charge < -0.3 is 9.80 Å². The molecule has 6 nitrogen and oxygen atoms in total. The van der Waals surface area contributed by atoms with Crippen molar-refractivity contribution in [2.75, 3.05) is 36.4 Å². The molecule has 3 aromatic rings. The van der Waals surface area contributed by atoms with E-state index in [1.54, 1.807) is 11.3 Å². The third kappa shape index (κ3) is 3.71. The van der Waals surface area contributed by atoms with Gasteiger partial charge in [-0.2, -0.15) is 20.7 Å². The monoisotopic (exact) mass is 385 g/mol. The Bertz CT molecular complexity index is 885. The van der Waals surface area contributed by atoms with Gasteiger partial charge in [0.15, 0.2) is 5.82 Å². The smallest absolute Gasteiger partial charge is 0.323 e. The highest BCUT2D eigenvalue weighted by Crippen LogP contribution is 2.23. The van der Waals surface area contributed by atoms with E-state index in [1.165, 1.54) is 22.8 Å². The number of nitrogens with zero attached hydrogens (tertiary/aromatic N) is 4. The van der Waals surface area contributed by atoms with E-state index in [2.05, 4.69) is 50.8 Å². The SMILES string of the molecule is Cc1cccc(N2CCN(C(=O)Nc3nc(-c4ccsc4)ns3)CC2)c1. The van der Waals surface area contributed by atoms with E-state index < -0.39 is 0 Å². The van der Waals surface area contributed by atoms with E-state index in [-0.39, 0.29) is 6.03 Å². The maximum atomic E-state index is 12.5. The number of carbonyl (C=O) groups is 1. The predicted molar refractivity (Wildman–Crippen MR) is 107 cm³/mol.